The average Bonchev–Trinajstić information content (AvgIpc) is 2.36. The lowest BCUT2D eigenvalue weighted by Crippen LogP contribution is -2.67. The van der Waals surface area contributed by atoms with Gasteiger partial charge in [-0.3, -0.25) is 25.5 Å². The van der Waals surface area contributed by atoms with E-state index in [1.807, 2.05) is 35.6 Å². The summed E-state index contributed by atoms with van der Waals surface area (Å²) in [6.45, 7) is 0.309. The number of carbonyl (C=O) groups excluding carboxylic acids is 2. The number of carbonyl (C=O) groups is 2. The third kappa shape index (κ3) is 3.05. The van der Waals surface area contributed by atoms with Crippen molar-refractivity contribution in [1.29, 1.82) is 0 Å². The molecule has 100 valence electrons. The van der Waals surface area contributed by atoms with Crippen LogP contribution in [-0.4, -0.2) is 29.1 Å². The number of amides is 3. The molecule has 8 nitrogen and oxygen atoms in total. The van der Waals surface area contributed by atoms with Gasteiger partial charge in [0, 0.05) is 11.5 Å². The van der Waals surface area contributed by atoms with E-state index in [9.17, 15) is 19.7 Å². The van der Waals surface area contributed by atoms with E-state index in [1.165, 1.54) is 0 Å². The normalized spacial score (nSPS) is 22.5. The predicted molar refractivity (Wildman–Crippen MR) is 64.5 cm³/mol. The molecule has 1 heterocycles. The molecule has 0 aliphatic carbocycles. The summed E-state index contributed by atoms with van der Waals surface area (Å²) in [5, 5.41) is 17.8. The molecule has 1 aliphatic rings. The summed E-state index contributed by atoms with van der Waals surface area (Å²) in [6, 6.07) is 6.88. The molecular formula is C11H12N4O4. The maximum absolute atomic E-state index is 11.4. The molecule has 1 aromatic carbocycles. The topological polar surface area (TPSA) is 113 Å². The summed E-state index contributed by atoms with van der Waals surface area (Å²) >= 11 is 0. The summed E-state index contributed by atoms with van der Waals surface area (Å²) in [5.41, 5.74) is 0.893. The molecule has 0 radical (unpaired) electrons. The molecule has 2 rings (SSSR count). The second-order valence-electron chi connectivity index (χ2n) is 4.04. The second-order valence-corrected chi connectivity index (χ2v) is 4.04. The molecule has 0 bridgehead atoms. The van der Waals surface area contributed by atoms with Gasteiger partial charge in [0.05, 0.1) is 0 Å². The number of benzene rings is 1. The van der Waals surface area contributed by atoms with E-state index in [0.29, 0.717) is 6.54 Å². The van der Waals surface area contributed by atoms with Crippen LogP contribution in [0.15, 0.2) is 30.3 Å². The Balaban J connectivity index is 2.05. The van der Waals surface area contributed by atoms with Crippen LogP contribution in [0.2, 0.25) is 0 Å². The van der Waals surface area contributed by atoms with Crippen LogP contribution < -0.4 is 16.0 Å². The van der Waals surface area contributed by atoms with E-state index in [1.54, 1.807) is 0 Å². The van der Waals surface area contributed by atoms with Crippen molar-refractivity contribution in [1.82, 2.24) is 16.0 Å². The van der Waals surface area contributed by atoms with Crippen LogP contribution in [0.5, 0.6) is 0 Å². The fourth-order valence-electron chi connectivity index (χ4n) is 1.80. The number of hydrogen-bond donors (Lipinski definition) is 3. The van der Waals surface area contributed by atoms with Crippen molar-refractivity contribution in [2.24, 2.45) is 0 Å². The molecule has 0 saturated carbocycles. The Kier molecular flexibility index (Phi) is 3.71. The Labute approximate surface area is 108 Å². The van der Waals surface area contributed by atoms with Crippen molar-refractivity contribution in [3.05, 3.63) is 46.0 Å². The van der Waals surface area contributed by atoms with E-state index < -0.39 is 29.1 Å². The van der Waals surface area contributed by atoms with Crippen LogP contribution >= 0.6 is 0 Å². The molecule has 3 N–H and O–H groups in total. The Morgan fingerprint density at radius 1 is 1.26 bits per heavy atom. The van der Waals surface area contributed by atoms with Gasteiger partial charge in [0.25, 0.3) is 0 Å². The lowest BCUT2D eigenvalue weighted by molar-refractivity contribution is -0.513. The van der Waals surface area contributed by atoms with Gasteiger partial charge in [-0.2, -0.15) is 0 Å². The van der Waals surface area contributed by atoms with E-state index in [0.717, 1.165) is 5.56 Å². The monoisotopic (exact) mass is 264 g/mol. The first-order chi connectivity index (χ1) is 9.08. The minimum atomic E-state index is -1.54. The summed E-state index contributed by atoms with van der Waals surface area (Å²) < 4.78 is 0. The Morgan fingerprint density at radius 3 is 2.58 bits per heavy atom. The van der Waals surface area contributed by atoms with Crippen LogP contribution in [0.1, 0.15) is 5.56 Å². The molecule has 2 unspecified atom stereocenters. The molecule has 0 aromatic heterocycles. The zero-order chi connectivity index (χ0) is 13.8. The van der Waals surface area contributed by atoms with E-state index in [2.05, 4.69) is 10.6 Å². The highest BCUT2D eigenvalue weighted by Crippen LogP contribution is 2.04. The van der Waals surface area contributed by atoms with Crippen molar-refractivity contribution < 1.29 is 14.5 Å². The highest BCUT2D eigenvalue weighted by molar-refractivity contribution is 5.99. The van der Waals surface area contributed by atoms with E-state index in [4.69, 9.17) is 0 Å². The van der Waals surface area contributed by atoms with Crippen molar-refractivity contribution in [3.63, 3.8) is 0 Å². The van der Waals surface area contributed by atoms with Gasteiger partial charge in [0.1, 0.15) is 0 Å². The van der Waals surface area contributed by atoms with Gasteiger partial charge in [0.15, 0.2) is 6.17 Å². The zero-order valence-corrected chi connectivity index (χ0v) is 9.83. The molecular weight excluding hydrogens is 252 g/mol. The highest BCUT2D eigenvalue weighted by Gasteiger charge is 2.44. The quantitative estimate of drug-likeness (QED) is 0.505. The minimum Gasteiger partial charge on any atom is -0.315 e. The molecule has 0 spiro atoms. The number of hydrogen-bond acceptors (Lipinski definition) is 5. The fourth-order valence-corrected chi connectivity index (χ4v) is 1.80. The van der Waals surface area contributed by atoms with Crippen LogP contribution in [0.3, 0.4) is 0 Å². The smallest absolute Gasteiger partial charge is 0.315 e. The summed E-state index contributed by atoms with van der Waals surface area (Å²) in [7, 11) is 0. The lowest BCUT2D eigenvalue weighted by Gasteiger charge is -2.26. The van der Waals surface area contributed by atoms with Gasteiger partial charge in [-0.1, -0.05) is 30.3 Å². The second kappa shape index (κ2) is 5.44. The third-order valence-corrected chi connectivity index (χ3v) is 2.70. The fraction of sp³-hybridized carbons (Fsp3) is 0.273. The van der Waals surface area contributed by atoms with Crippen LogP contribution in [0, 0.1) is 10.1 Å². The van der Waals surface area contributed by atoms with Gasteiger partial charge < -0.3 is 5.32 Å². The number of nitrogens with one attached hydrogen (secondary N) is 3. The molecule has 1 saturated heterocycles. The number of urea groups is 1. The maximum atomic E-state index is 11.4. The number of rotatable bonds is 4. The highest BCUT2D eigenvalue weighted by atomic mass is 16.6. The lowest BCUT2D eigenvalue weighted by atomic mass is 10.1. The van der Waals surface area contributed by atoms with E-state index >= 15 is 0 Å². The SMILES string of the molecule is O=C1NC(=O)C([N+](=O)[O-])C(NCc2ccccc2)N1. The van der Waals surface area contributed by atoms with Gasteiger partial charge >= 0.3 is 18.0 Å². The Bertz CT molecular complexity index is 505. The van der Waals surface area contributed by atoms with Gasteiger partial charge in [0.2, 0.25) is 0 Å². The molecule has 19 heavy (non-hydrogen) atoms. The van der Waals surface area contributed by atoms with Gasteiger partial charge in [-0.15, -0.1) is 0 Å². The standard InChI is InChI=1S/C11H12N4O4/c16-10-8(15(18)19)9(13-11(17)14-10)12-6-7-4-2-1-3-5-7/h1-5,8-9,12H,6H2,(H2,13,14,16,17). The Hall–Kier alpha value is -2.48. The maximum Gasteiger partial charge on any atom is 0.323 e. The first-order valence-electron chi connectivity index (χ1n) is 5.60. The average molecular weight is 264 g/mol. The Morgan fingerprint density at radius 2 is 1.95 bits per heavy atom. The van der Waals surface area contributed by atoms with Crippen molar-refractivity contribution in [2.75, 3.05) is 0 Å². The number of nitrogens with zero attached hydrogens (tertiary/aromatic N) is 1. The first kappa shape index (κ1) is 13.0. The molecule has 8 heteroatoms. The largest absolute Gasteiger partial charge is 0.323 e. The van der Waals surface area contributed by atoms with Crippen LogP contribution in [-0.2, 0) is 11.3 Å². The van der Waals surface area contributed by atoms with Gasteiger partial charge in [-0.25, -0.2) is 4.79 Å². The summed E-state index contributed by atoms with van der Waals surface area (Å²) in [4.78, 5) is 32.7. The summed E-state index contributed by atoms with van der Waals surface area (Å²) in [6.07, 6.45) is -1.03. The third-order valence-electron chi connectivity index (χ3n) is 2.70. The predicted octanol–water partition coefficient (Wildman–Crippen LogP) is -0.413. The zero-order valence-electron chi connectivity index (χ0n) is 9.83. The van der Waals surface area contributed by atoms with Crippen LogP contribution in [0.4, 0.5) is 4.79 Å². The minimum absolute atomic E-state index is 0.309. The molecule has 1 fully saturated rings. The number of imide groups is 1. The van der Waals surface area contributed by atoms with Crippen molar-refractivity contribution >= 4 is 11.9 Å². The van der Waals surface area contributed by atoms with Crippen LogP contribution in [0.25, 0.3) is 0 Å². The van der Waals surface area contributed by atoms with Crippen molar-refractivity contribution in [3.8, 4) is 0 Å². The van der Waals surface area contributed by atoms with Gasteiger partial charge in [-0.05, 0) is 5.56 Å². The molecule has 1 aromatic rings. The summed E-state index contributed by atoms with van der Waals surface area (Å²) in [5.74, 6) is -0.917. The first-order valence-corrected chi connectivity index (χ1v) is 5.60. The van der Waals surface area contributed by atoms with E-state index in [-0.39, 0.29) is 0 Å². The molecule has 1 aliphatic heterocycles. The molecule has 2 atom stereocenters. The number of nitro groups is 1. The van der Waals surface area contributed by atoms with Crippen molar-refractivity contribution in [2.45, 2.75) is 18.8 Å². The molecule has 3 amide bonds.